The molecule has 0 spiro atoms. The maximum Gasteiger partial charge on any atom is 0.225 e. The highest BCUT2D eigenvalue weighted by molar-refractivity contribution is 5.78. The Morgan fingerprint density at radius 2 is 2.11 bits per heavy atom. The Morgan fingerprint density at radius 1 is 1.42 bits per heavy atom. The summed E-state index contributed by atoms with van der Waals surface area (Å²) in [5.41, 5.74) is 7.39. The third-order valence-corrected chi connectivity index (χ3v) is 3.16. The quantitative estimate of drug-likeness (QED) is 0.840. The van der Waals surface area contributed by atoms with E-state index in [1.807, 2.05) is 45.2 Å². The van der Waals surface area contributed by atoms with Gasteiger partial charge in [-0.05, 0) is 18.1 Å². The molecule has 0 aliphatic rings. The van der Waals surface area contributed by atoms with E-state index in [-0.39, 0.29) is 11.8 Å². The molecular formula is C16H22N2O. The standard InChI is InChI=1S/C16H22N2O/c1-4-13(2)16(19)18(3)12-15-9-6-5-8-14(15)10-7-11-17/h5-6,8-9,13H,4,11-12,17H2,1-3H3. The maximum absolute atomic E-state index is 12.1. The molecule has 0 saturated carbocycles. The minimum Gasteiger partial charge on any atom is -0.341 e. The third-order valence-electron chi connectivity index (χ3n) is 3.16. The van der Waals surface area contributed by atoms with Gasteiger partial charge < -0.3 is 10.6 Å². The van der Waals surface area contributed by atoms with E-state index in [1.165, 1.54) is 0 Å². The summed E-state index contributed by atoms with van der Waals surface area (Å²) in [6.07, 6.45) is 0.859. The second kappa shape index (κ2) is 7.60. The van der Waals surface area contributed by atoms with Crippen molar-refractivity contribution < 1.29 is 4.79 Å². The zero-order valence-electron chi connectivity index (χ0n) is 11.9. The molecule has 102 valence electrons. The molecule has 0 aliphatic heterocycles. The van der Waals surface area contributed by atoms with Crippen LogP contribution in [0.1, 0.15) is 31.4 Å². The Labute approximate surface area is 115 Å². The van der Waals surface area contributed by atoms with Crippen LogP contribution in [0.2, 0.25) is 0 Å². The van der Waals surface area contributed by atoms with E-state index in [0.717, 1.165) is 17.5 Å². The fraction of sp³-hybridized carbons (Fsp3) is 0.438. The zero-order valence-corrected chi connectivity index (χ0v) is 11.9. The highest BCUT2D eigenvalue weighted by atomic mass is 16.2. The van der Waals surface area contributed by atoms with Crippen LogP contribution in [-0.2, 0) is 11.3 Å². The average Bonchev–Trinajstić information content (AvgIpc) is 2.44. The molecule has 3 nitrogen and oxygen atoms in total. The monoisotopic (exact) mass is 258 g/mol. The SMILES string of the molecule is CCC(C)C(=O)N(C)Cc1ccccc1C#CCN. The summed E-state index contributed by atoms with van der Waals surface area (Å²) in [4.78, 5) is 13.8. The summed E-state index contributed by atoms with van der Waals surface area (Å²) in [6, 6.07) is 7.87. The number of amides is 1. The van der Waals surface area contributed by atoms with E-state index < -0.39 is 0 Å². The molecule has 1 unspecified atom stereocenters. The summed E-state index contributed by atoms with van der Waals surface area (Å²) < 4.78 is 0. The van der Waals surface area contributed by atoms with Crippen molar-refractivity contribution in [3.05, 3.63) is 35.4 Å². The third kappa shape index (κ3) is 4.42. The smallest absolute Gasteiger partial charge is 0.225 e. The lowest BCUT2D eigenvalue weighted by Gasteiger charge is -2.21. The van der Waals surface area contributed by atoms with Crippen LogP contribution in [0.4, 0.5) is 0 Å². The van der Waals surface area contributed by atoms with Gasteiger partial charge in [0.1, 0.15) is 0 Å². The number of rotatable bonds is 4. The van der Waals surface area contributed by atoms with Gasteiger partial charge in [-0.3, -0.25) is 4.79 Å². The number of hydrogen-bond donors (Lipinski definition) is 1. The largest absolute Gasteiger partial charge is 0.341 e. The van der Waals surface area contributed by atoms with Gasteiger partial charge in [-0.25, -0.2) is 0 Å². The van der Waals surface area contributed by atoms with Gasteiger partial charge >= 0.3 is 0 Å². The topological polar surface area (TPSA) is 46.3 Å². The molecule has 3 heteroatoms. The summed E-state index contributed by atoms with van der Waals surface area (Å²) >= 11 is 0. The lowest BCUT2D eigenvalue weighted by Crippen LogP contribution is -2.31. The predicted molar refractivity (Wildman–Crippen MR) is 78.3 cm³/mol. The molecule has 1 amide bonds. The van der Waals surface area contributed by atoms with Gasteiger partial charge in [0.25, 0.3) is 0 Å². The van der Waals surface area contributed by atoms with Crippen molar-refractivity contribution in [1.82, 2.24) is 4.90 Å². The van der Waals surface area contributed by atoms with Gasteiger partial charge in [0.15, 0.2) is 0 Å². The van der Waals surface area contributed by atoms with Crippen LogP contribution in [-0.4, -0.2) is 24.4 Å². The van der Waals surface area contributed by atoms with Crippen molar-refractivity contribution >= 4 is 5.91 Å². The molecule has 1 aromatic carbocycles. The lowest BCUT2D eigenvalue weighted by molar-refractivity contribution is -0.134. The Kier molecular flexibility index (Phi) is 6.11. The molecule has 19 heavy (non-hydrogen) atoms. The maximum atomic E-state index is 12.1. The van der Waals surface area contributed by atoms with E-state index in [0.29, 0.717) is 13.1 Å². The first-order valence-electron chi connectivity index (χ1n) is 6.62. The first-order chi connectivity index (χ1) is 9.10. The van der Waals surface area contributed by atoms with Crippen molar-refractivity contribution in [2.24, 2.45) is 11.7 Å². The van der Waals surface area contributed by atoms with Gasteiger partial charge in [-0.2, -0.15) is 0 Å². The molecule has 0 aliphatic carbocycles. The van der Waals surface area contributed by atoms with Crippen molar-refractivity contribution in [3.63, 3.8) is 0 Å². The number of benzene rings is 1. The van der Waals surface area contributed by atoms with Crippen LogP contribution in [0, 0.1) is 17.8 Å². The molecular weight excluding hydrogens is 236 g/mol. The Hall–Kier alpha value is -1.79. The van der Waals surface area contributed by atoms with Crippen LogP contribution in [0.25, 0.3) is 0 Å². The predicted octanol–water partition coefficient (Wildman–Crippen LogP) is 2.00. The molecule has 0 saturated heterocycles. The fourth-order valence-corrected chi connectivity index (χ4v) is 1.81. The second-order valence-corrected chi connectivity index (χ2v) is 4.67. The average molecular weight is 258 g/mol. The highest BCUT2D eigenvalue weighted by Gasteiger charge is 2.16. The first kappa shape index (κ1) is 15.3. The Balaban J connectivity index is 2.84. The van der Waals surface area contributed by atoms with Crippen molar-refractivity contribution in [2.75, 3.05) is 13.6 Å². The van der Waals surface area contributed by atoms with Crippen LogP contribution in [0.5, 0.6) is 0 Å². The van der Waals surface area contributed by atoms with E-state index >= 15 is 0 Å². The molecule has 1 aromatic rings. The molecule has 0 bridgehead atoms. The van der Waals surface area contributed by atoms with Crippen LogP contribution < -0.4 is 5.73 Å². The summed E-state index contributed by atoms with van der Waals surface area (Å²) in [7, 11) is 1.83. The normalized spacial score (nSPS) is 11.4. The molecule has 2 N–H and O–H groups in total. The number of carbonyl (C=O) groups excluding carboxylic acids is 1. The van der Waals surface area contributed by atoms with E-state index in [4.69, 9.17) is 5.73 Å². The molecule has 0 heterocycles. The summed E-state index contributed by atoms with van der Waals surface area (Å²) in [5, 5.41) is 0. The minimum atomic E-state index is 0.0623. The van der Waals surface area contributed by atoms with Crippen molar-refractivity contribution in [3.8, 4) is 11.8 Å². The van der Waals surface area contributed by atoms with Crippen LogP contribution >= 0.6 is 0 Å². The van der Waals surface area contributed by atoms with Gasteiger partial charge in [0, 0.05) is 25.1 Å². The summed E-state index contributed by atoms with van der Waals surface area (Å²) in [5.74, 6) is 6.14. The van der Waals surface area contributed by atoms with Crippen LogP contribution in [0.15, 0.2) is 24.3 Å². The van der Waals surface area contributed by atoms with Gasteiger partial charge in [0.2, 0.25) is 5.91 Å². The van der Waals surface area contributed by atoms with E-state index in [1.54, 1.807) is 4.90 Å². The lowest BCUT2D eigenvalue weighted by atomic mass is 10.1. The second-order valence-electron chi connectivity index (χ2n) is 4.67. The van der Waals surface area contributed by atoms with Gasteiger partial charge in [0.05, 0.1) is 6.54 Å². The van der Waals surface area contributed by atoms with Gasteiger partial charge in [-0.1, -0.05) is 43.9 Å². The molecule has 0 radical (unpaired) electrons. The van der Waals surface area contributed by atoms with Crippen LogP contribution in [0.3, 0.4) is 0 Å². The molecule has 0 fully saturated rings. The highest BCUT2D eigenvalue weighted by Crippen LogP contribution is 2.13. The molecule has 1 atom stereocenters. The fourth-order valence-electron chi connectivity index (χ4n) is 1.81. The number of carbonyl (C=O) groups is 1. The summed E-state index contributed by atoms with van der Waals surface area (Å²) in [6.45, 7) is 4.91. The van der Waals surface area contributed by atoms with Crippen molar-refractivity contribution in [1.29, 1.82) is 0 Å². The molecule has 0 aromatic heterocycles. The van der Waals surface area contributed by atoms with Gasteiger partial charge in [-0.15, -0.1) is 0 Å². The van der Waals surface area contributed by atoms with E-state index in [9.17, 15) is 4.79 Å². The molecule has 1 rings (SSSR count). The minimum absolute atomic E-state index is 0.0623. The Bertz CT molecular complexity index is 485. The van der Waals surface area contributed by atoms with E-state index in [2.05, 4.69) is 11.8 Å². The Morgan fingerprint density at radius 3 is 2.74 bits per heavy atom. The first-order valence-corrected chi connectivity index (χ1v) is 6.62. The van der Waals surface area contributed by atoms with Crippen molar-refractivity contribution in [2.45, 2.75) is 26.8 Å². The number of nitrogens with two attached hydrogens (primary N) is 1. The number of nitrogens with zero attached hydrogens (tertiary/aromatic N) is 1. The zero-order chi connectivity index (χ0) is 14.3. The number of hydrogen-bond acceptors (Lipinski definition) is 2.